The summed E-state index contributed by atoms with van der Waals surface area (Å²) < 4.78 is 1.65. The van der Waals surface area contributed by atoms with Crippen molar-refractivity contribution in [3.8, 4) is 0 Å². The van der Waals surface area contributed by atoms with Crippen LogP contribution < -0.4 is 16.0 Å². The molecule has 0 bridgehead atoms. The molecule has 0 unspecified atom stereocenters. The first-order chi connectivity index (χ1) is 11.5. The Kier molecular flexibility index (Phi) is 6.30. The van der Waals surface area contributed by atoms with E-state index in [1.807, 2.05) is 26.0 Å². The third kappa shape index (κ3) is 5.71. The van der Waals surface area contributed by atoms with Gasteiger partial charge in [0, 0.05) is 24.7 Å². The highest BCUT2D eigenvalue weighted by Gasteiger charge is 2.08. The molecule has 1 atom stereocenters. The molecule has 0 spiro atoms. The van der Waals surface area contributed by atoms with Gasteiger partial charge in [-0.05, 0) is 26.0 Å². The van der Waals surface area contributed by atoms with E-state index >= 15 is 0 Å². The zero-order valence-corrected chi connectivity index (χ0v) is 13.8. The Labute approximate surface area is 140 Å². The van der Waals surface area contributed by atoms with Crippen molar-refractivity contribution in [2.45, 2.75) is 26.4 Å². The first-order valence-electron chi connectivity index (χ1n) is 7.76. The lowest BCUT2D eigenvalue weighted by molar-refractivity contribution is 0.0954. The minimum Gasteiger partial charge on any atom is -0.350 e. The molecule has 0 aliphatic rings. The molecule has 2 aromatic rings. The molecule has 0 radical (unpaired) electrons. The summed E-state index contributed by atoms with van der Waals surface area (Å²) in [4.78, 5) is 27.5. The molecule has 0 saturated heterocycles. The maximum atomic E-state index is 11.9. The Morgan fingerprint density at radius 2 is 1.88 bits per heavy atom. The fourth-order valence-corrected chi connectivity index (χ4v) is 2.09. The van der Waals surface area contributed by atoms with E-state index in [1.165, 1.54) is 6.33 Å². The number of urea groups is 1. The Bertz CT molecular complexity index is 654. The average Bonchev–Trinajstić information content (AvgIpc) is 3.04. The lowest BCUT2D eigenvalue weighted by Crippen LogP contribution is -2.44. The van der Waals surface area contributed by atoms with E-state index in [2.05, 4.69) is 26.0 Å². The SMILES string of the molecule is Cc1ccc(C(=O)NCCNC(=O)N[C@@H](C)Cn2cncn2)cc1. The number of aromatic nitrogens is 3. The van der Waals surface area contributed by atoms with Gasteiger partial charge >= 0.3 is 6.03 Å². The first-order valence-corrected chi connectivity index (χ1v) is 7.76. The lowest BCUT2D eigenvalue weighted by atomic mass is 10.1. The molecular weight excluding hydrogens is 308 g/mol. The number of nitrogens with zero attached hydrogens (tertiary/aromatic N) is 3. The summed E-state index contributed by atoms with van der Waals surface area (Å²) in [5.74, 6) is -0.156. The van der Waals surface area contributed by atoms with Gasteiger partial charge in [0.15, 0.2) is 0 Å². The van der Waals surface area contributed by atoms with Crippen molar-refractivity contribution in [3.63, 3.8) is 0 Å². The molecule has 0 saturated carbocycles. The summed E-state index contributed by atoms with van der Waals surface area (Å²) in [6.07, 6.45) is 3.04. The monoisotopic (exact) mass is 330 g/mol. The third-order valence-electron chi connectivity index (χ3n) is 3.31. The molecule has 0 fully saturated rings. The summed E-state index contributed by atoms with van der Waals surface area (Å²) in [6.45, 7) is 5.09. The van der Waals surface area contributed by atoms with Gasteiger partial charge < -0.3 is 16.0 Å². The zero-order chi connectivity index (χ0) is 17.4. The molecule has 1 aromatic carbocycles. The number of carbonyl (C=O) groups is 2. The van der Waals surface area contributed by atoms with E-state index < -0.39 is 0 Å². The second-order valence-electron chi connectivity index (χ2n) is 5.54. The van der Waals surface area contributed by atoms with Crippen molar-refractivity contribution in [1.29, 1.82) is 0 Å². The van der Waals surface area contributed by atoms with Gasteiger partial charge in [0.05, 0.1) is 6.54 Å². The topological polar surface area (TPSA) is 101 Å². The fraction of sp³-hybridized carbons (Fsp3) is 0.375. The number of hydrogen-bond donors (Lipinski definition) is 3. The first kappa shape index (κ1) is 17.5. The zero-order valence-electron chi connectivity index (χ0n) is 13.8. The molecular formula is C16H22N6O2. The van der Waals surface area contributed by atoms with Crippen LogP contribution in [0.3, 0.4) is 0 Å². The number of nitrogens with one attached hydrogen (secondary N) is 3. The van der Waals surface area contributed by atoms with Crippen LogP contribution in [0.4, 0.5) is 4.79 Å². The number of amides is 3. The van der Waals surface area contributed by atoms with Crippen molar-refractivity contribution in [2.75, 3.05) is 13.1 Å². The smallest absolute Gasteiger partial charge is 0.315 e. The molecule has 3 amide bonds. The van der Waals surface area contributed by atoms with Crippen molar-refractivity contribution in [1.82, 2.24) is 30.7 Å². The van der Waals surface area contributed by atoms with Crippen molar-refractivity contribution in [3.05, 3.63) is 48.0 Å². The molecule has 1 aromatic heterocycles. The van der Waals surface area contributed by atoms with E-state index in [9.17, 15) is 9.59 Å². The van der Waals surface area contributed by atoms with E-state index in [-0.39, 0.29) is 18.0 Å². The fourth-order valence-electron chi connectivity index (χ4n) is 2.09. The average molecular weight is 330 g/mol. The lowest BCUT2D eigenvalue weighted by Gasteiger charge is -2.14. The highest BCUT2D eigenvalue weighted by Crippen LogP contribution is 2.02. The third-order valence-corrected chi connectivity index (χ3v) is 3.31. The van der Waals surface area contributed by atoms with Gasteiger partial charge in [-0.1, -0.05) is 17.7 Å². The highest BCUT2D eigenvalue weighted by atomic mass is 16.2. The van der Waals surface area contributed by atoms with Gasteiger partial charge in [-0.25, -0.2) is 9.78 Å². The van der Waals surface area contributed by atoms with Crippen molar-refractivity contribution >= 4 is 11.9 Å². The van der Waals surface area contributed by atoms with E-state index in [0.29, 0.717) is 25.2 Å². The van der Waals surface area contributed by atoms with Gasteiger partial charge in [-0.3, -0.25) is 9.48 Å². The highest BCUT2D eigenvalue weighted by molar-refractivity contribution is 5.94. The number of benzene rings is 1. The van der Waals surface area contributed by atoms with Gasteiger partial charge in [0.2, 0.25) is 0 Å². The standard InChI is InChI=1S/C16H22N6O2/c1-12-3-5-14(6-4-12)15(23)18-7-8-19-16(24)21-13(2)9-22-11-17-10-20-22/h3-6,10-11,13H,7-9H2,1-2H3,(H,18,23)(H2,19,21,24)/t13-/m0/s1. The van der Waals surface area contributed by atoms with Crippen LogP contribution in [0.25, 0.3) is 0 Å². The summed E-state index contributed by atoms with van der Waals surface area (Å²) in [5, 5.41) is 12.2. The predicted octanol–water partition coefficient (Wildman–Crippen LogP) is 0.704. The molecule has 8 heteroatoms. The van der Waals surface area contributed by atoms with Crippen LogP contribution in [0.5, 0.6) is 0 Å². The van der Waals surface area contributed by atoms with Crippen LogP contribution in [0.15, 0.2) is 36.9 Å². The molecule has 0 aliphatic heterocycles. The van der Waals surface area contributed by atoms with Crippen LogP contribution in [0.2, 0.25) is 0 Å². The van der Waals surface area contributed by atoms with E-state index in [0.717, 1.165) is 5.56 Å². The van der Waals surface area contributed by atoms with Gasteiger partial charge in [0.25, 0.3) is 5.91 Å². The molecule has 2 rings (SSSR count). The van der Waals surface area contributed by atoms with Crippen LogP contribution in [-0.4, -0.2) is 45.8 Å². The van der Waals surface area contributed by atoms with Crippen LogP contribution in [0, 0.1) is 6.92 Å². The molecule has 24 heavy (non-hydrogen) atoms. The molecule has 0 aliphatic carbocycles. The van der Waals surface area contributed by atoms with E-state index in [4.69, 9.17) is 0 Å². The van der Waals surface area contributed by atoms with Gasteiger partial charge in [-0.2, -0.15) is 5.10 Å². The Morgan fingerprint density at radius 1 is 1.17 bits per heavy atom. The van der Waals surface area contributed by atoms with Crippen LogP contribution in [0.1, 0.15) is 22.8 Å². The Hall–Kier alpha value is -2.90. The number of aryl methyl sites for hydroxylation is 1. The van der Waals surface area contributed by atoms with Crippen LogP contribution in [-0.2, 0) is 6.54 Å². The quantitative estimate of drug-likeness (QED) is 0.651. The van der Waals surface area contributed by atoms with Crippen LogP contribution >= 0.6 is 0 Å². The maximum absolute atomic E-state index is 11.9. The largest absolute Gasteiger partial charge is 0.350 e. The Morgan fingerprint density at radius 3 is 2.54 bits per heavy atom. The van der Waals surface area contributed by atoms with Gasteiger partial charge in [-0.15, -0.1) is 0 Å². The predicted molar refractivity (Wildman–Crippen MR) is 89.5 cm³/mol. The minimum atomic E-state index is -0.285. The maximum Gasteiger partial charge on any atom is 0.315 e. The molecule has 3 N–H and O–H groups in total. The Balaban J connectivity index is 1.62. The van der Waals surface area contributed by atoms with Crippen molar-refractivity contribution < 1.29 is 9.59 Å². The number of carbonyl (C=O) groups excluding carboxylic acids is 2. The normalized spacial score (nSPS) is 11.6. The van der Waals surface area contributed by atoms with Crippen molar-refractivity contribution in [2.24, 2.45) is 0 Å². The summed E-state index contributed by atoms with van der Waals surface area (Å²) in [5.41, 5.74) is 1.71. The van der Waals surface area contributed by atoms with E-state index in [1.54, 1.807) is 23.1 Å². The summed E-state index contributed by atoms with van der Waals surface area (Å²) >= 11 is 0. The second kappa shape index (κ2) is 8.66. The molecule has 8 nitrogen and oxygen atoms in total. The summed E-state index contributed by atoms with van der Waals surface area (Å²) in [6, 6.07) is 6.95. The van der Waals surface area contributed by atoms with Gasteiger partial charge in [0.1, 0.15) is 12.7 Å². The number of rotatable bonds is 7. The molecule has 128 valence electrons. The second-order valence-corrected chi connectivity index (χ2v) is 5.54. The summed E-state index contributed by atoms with van der Waals surface area (Å²) in [7, 11) is 0. The number of hydrogen-bond acceptors (Lipinski definition) is 4. The molecule has 1 heterocycles. The minimum absolute atomic E-state index is 0.0890.